The molecule has 0 spiro atoms. The first-order valence-corrected chi connectivity index (χ1v) is 7.47. The van der Waals surface area contributed by atoms with Crippen LogP contribution in [0.4, 0.5) is 17.3 Å². The largest absolute Gasteiger partial charge is 0.673 e. The molecule has 0 amide bonds. The van der Waals surface area contributed by atoms with Crippen LogP contribution in [-0.2, 0) is 19.5 Å². The number of hydrogen-bond donors (Lipinski definition) is 0. The van der Waals surface area contributed by atoms with Gasteiger partial charge in [0.2, 0.25) is 0 Å². The van der Waals surface area contributed by atoms with Crippen LogP contribution >= 0.6 is 0 Å². The summed E-state index contributed by atoms with van der Waals surface area (Å²) in [4.78, 5) is 0. The van der Waals surface area contributed by atoms with Crippen LogP contribution in [0.2, 0.25) is 0 Å². The molecule has 129 valence electrons. The zero-order valence-corrected chi connectivity index (χ0v) is 14.3. The second-order valence-electron chi connectivity index (χ2n) is 4.69. The number of hydrogen-bond acceptors (Lipinski definition) is 0. The molecule has 2 rings (SSSR count). The molecule has 0 heterocycles. The van der Waals surface area contributed by atoms with E-state index in [1.54, 1.807) is 0 Å². The molecule has 0 bridgehead atoms. The second-order valence-corrected chi connectivity index (χ2v) is 4.69. The summed E-state index contributed by atoms with van der Waals surface area (Å²) < 4.78 is 39.0. The van der Waals surface area contributed by atoms with Crippen molar-refractivity contribution in [1.82, 2.24) is 0 Å². The van der Waals surface area contributed by atoms with Crippen LogP contribution in [-0.4, -0.2) is 7.25 Å². The van der Waals surface area contributed by atoms with Gasteiger partial charge in [-0.1, -0.05) is 48.6 Å². The van der Waals surface area contributed by atoms with E-state index in [-0.39, 0.29) is 19.5 Å². The Morgan fingerprint density at radius 2 is 0.500 bits per heavy atom. The Bertz CT molecular complexity index is 261. The van der Waals surface area contributed by atoms with Gasteiger partial charge in [0, 0.05) is 19.5 Å². The normalized spacial score (nSPS) is 17.3. The Labute approximate surface area is 144 Å². The standard InChI is InChI=1S/2C8H12.BF4.Rh/c2*1-2-4-6-8-7-5-3-1;2-1(3,4)5;/h2*1-2,7-8H,3-6H2;;/q;;-1;. The van der Waals surface area contributed by atoms with E-state index in [0.717, 1.165) is 0 Å². The second kappa shape index (κ2) is 16.7. The topological polar surface area (TPSA) is 0 Å². The van der Waals surface area contributed by atoms with Crippen molar-refractivity contribution in [1.29, 1.82) is 0 Å². The van der Waals surface area contributed by atoms with E-state index in [0.29, 0.717) is 0 Å². The van der Waals surface area contributed by atoms with Crippen LogP contribution in [0, 0.1) is 0 Å². The molecule has 0 saturated carbocycles. The van der Waals surface area contributed by atoms with Gasteiger partial charge < -0.3 is 17.3 Å². The van der Waals surface area contributed by atoms with E-state index in [1.807, 2.05) is 0 Å². The van der Waals surface area contributed by atoms with E-state index in [2.05, 4.69) is 48.6 Å². The van der Waals surface area contributed by atoms with Crippen LogP contribution in [0.1, 0.15) is 51.4 Å². The van der Waals surface area contributed by atoms with Gasteiger partial charge in [0.25, 0.3) is 0 Å². The Kier molecular flexibility index (Phi) is 18.0. The first kappa shape index (κ1) is 23.6. The summed E-state index contributed by atoms with van der Waals surface area (Å²) in [5.74, 6) is 0. The van der Waals surface area contributed by atoms with Crippen LogP contribution in [0.3, 0.4) is 0 Å². The monoisotopic (exact) mass is 406 g/mol. The molecule has 0 saturated heterocycles. The smallest absolute Gasteiger partial charge is 0.418 e. The van der Waals surface area contributed by atoms with Crippen molar-refractivity contribution in [3.05, 3.63) is 48.6 Å². The Morgan fingerprint density at radius 1 is 0.409 bits per heavy atom. The van der Waals surface area contributed by atoms with Crippen LogP contribution in [0.25, 0.3) is 0 Å². The average Bonchev–Trinajstić information content (AvgIpc) is 2.24. The fourth-order valence-corrected chi connectivity index (χ4v) is 1.71. The predicted molar refractivity (Wildman–Crippen MR) is 83.7 cm³/mol. The summed E-state index contributed by atoms with van der Waals surface area (Å²) in [6.07, 6.45) is 28.0. The first-order valence-electron chi connectivity index (χ1n) is 7.47. The molecule has 0 aromatic heterocycles. The van der Waals surface area contributed by atoms with Gasteiger partial charge >= 0.3 is 7.25 Å². The minimum atomic E-state index is -6.00. The fraction of sp³-hybridized carbons (Fsp3) is 0.500. The molecule has 22 heavy (non-hydrogen) atoms. The zero-order valence-electron chi connectivity index (χ0n) is 12.7. The van der Waals surface area contributed by atoms with Crippen LogP contribution < -0.4 is 0 Å². The van der Waals surface area contributed by atoms with E-state index < -0.39 is 7.25 Å². The first-order chi connectivity index (χ1) is 10.0. The molecule has 0 aromatic rings. The maximum atomic E-state index is 9.75. The Balaban J connectivity index is 0. The summed E-state index contributed by atoms with van der Waals surface area (Å²) in [6, 6.07) is 0. The molecule has 0 nitrogen and oxygen atoms in total. The molecule has 0 N–H and O–H groups in total. The SMILES string of the molecule is C1=CCCC=CCC1.C1=CCCC=CCC1.F[B-](F)(F)F.[Rh]. The third kappa shape index (κ3) is 27.7. The van der Waals surface area contributed by atoms with Crippen molar-refractivity contribution >= 4 is 7.25 Å². The van der Waals surface area contributed by atoms with Crippen molar-refractivity contribution in [3.8, 4) is 0 Å². The maximum absolute atomic E-state index is 9.75. The van der Waals surface area contributed by atoms with Crippen molar-refractivity contribution in [3.63, 3.8) is 0 Å². The van der Waals surface area contributed by atoms with Crippen LogP contribution in [0.15, 0.2) is 48.6 Å². The third-order valence-corrected chi connectivity index (χ3v) is 2.67. The summed E-state index contributed by atoms with van der Waals surface area (Å²) in [5, 5.41) is 0. The molecular formula is C16H24BF4Rh-. The maximum Gasteiger partial charge on any atom is 0.673 e. The number of rotatable bonds is 0. The molecule has 2 aliphatic rings. The molecule has 0 aromatic carbocycles. The van der Waals surface area contributed by atoms with Crippen molar-refractivity contribution < 1.29 is 36.7 Å². The molecule has 2 aliphatic carbocycles. The van der Waals surface area contributed by atoms with Gasteiger partial charge in [0.15, 0.2) is 0 Å². The van der Waals surface area contributed by atoms with E-state index >= 15 is 0 Å². The molecule has 0 unspecified atom stereocenters. The molecular weight excluding hydrogens is 382 g/mol. The van der Waals surface area contributed by atoms with Gasteiger partial charge in [-0.25, -0.2) is 0 Å². The van der Waals surface area contributed by atoms with Gasteiger partial charge in [-0.05, 0) is 51.4 Å². The van der Waals surface area contributed by atoms with E-state index in [9.17, 15) is 17.3 Å². The molecule has 0 aliphatic heterocycles. The quantitative estimate of drug-likeness (QED) is 0.240. The number of allylic oxidation sites excluding steroid dienone is 8. The third-order valence-electron chi connectivity index (χ3n) is 2.67. The van der Waals surface area contributed by atoms with Crippen LogP contribution in [0.5, 0.6) is 0 Å². The van der Waals surface area contributed by atoms with Gasteiger partial charge in [0.05, 0.1) is 0 Å². The summed E-state index contributed by atoms with van der Waals surface area (Å²) in [6.45, 7) is 0. The summed E-state index contributed by atoms with van der Waals surface area (Å²) in [5.41, 5.74) is 0. The van der Waals surface area contributed by atoms with Crippen molar-refractivity contribution in [2.75, 3.05) is 0 Å². The van der Waals surface area contributed by atoms with Gasteiger partial charge in [-0.15, -0.1) is 0 Å². The predicted octanol–water partition coefficient (Wildman–Crippen LogP) is 6.64. The van der Waals surface area contributed by atoms with Gasteiger partial charge in [-0.2, -0.15) is 0 Å². The fourth-order valence-electron chi connectivity index (χ4n) is 1.71. The molecule has 0 atom stereocenters. The number of halogens is 4. The zero-order chi connectivity index (χ0) is 15.8. The average molecular weight is 406 g/mol. The minimum Gasteiger partial charge on any atom is -0.418 e. The summed E-state index contributed by atoms with van der Waals surface area (Å²) >= 11 is 0. The van der Waals surface area contributed by atoms with E-state index in [1.165, 1.54) is 51.4 Å². The molecule has 0 fully saturated rings. The van der Waals surface area contributed by atoms with E-state index in [4.69, 9.17) is 0 Å². The minimum absolute atomic E-state index is 0. The molecule has 6 heteroatoms. The van der Waals surface area contributed by atoms with Gasteiger partial charge in [0.1, 0.15) is 0 Å². The Morgan fingerprint density at radius 3 is 0.591 bits per heavy atom. The Hall–Kier alpha value is -0.632. The van der Waals surface area contributed by atoms with Crippen molar-refractivity contribution in [2.45, 2.75) is 51.4 Å². The summed E-state index contributed by atoms with van der Waals surface area (Å²) in [7, 11) is -6.00. The molecule has 1 radical (unpaired) electrons. The van der Waals surface area contributed by atoms with Gasteiger partial charge in [-0.3, -0.25) is 0 Å². The van der Waals surface area contributed by atoms with Crippen molar-refractivity contribution in [2.24, 2.45) is 0 Å².